The summed E-state index contributed by atoms with van der Waals surface area (Å²) in [5, 5.41) is 25.4. The van der Waals surface area contributed by atoms with E-state index in [1.54, 1.807) is 36.1 Å². The highest BCUT2D eigenvalue weighted by molar-refractivity contribution is 5.98. The first-order valence-electron chi connectivity index (χ1n) is 10.2. The average Bonchev–Trinajstić information content (AvgIpc) is 3.47. The summed E-state index contributed by atoms with van der Waals surface area (Å²) < 4.78 is 42.9. The number of aliphatic hydroxyl groups excluding tert-OH is 1. The minimum Gasteiger partial charge on any atom is -0.391 e. The molecule has 2 N–H and O–H groups in total. The van der Waals surface area contributed by atoms with Crippen LogP contribution in [0.3, 0.4) is 0 Å². The van der Waals surface area contributed by atoms with Crippen LogP contribution in [-0.4, -0.2) is 65.2 Å². The maximum atomic E-state index is 13.4. The van der Waals surface area contributed by atoms with Crippen molar-refractivity contribution in [2.75, 3.05) is 18.0 Å². The Hall–Kier alpha value is -3.41. The Morgan fingerprint density at radius 2 is 2.09 bits per heavy atom. The molecule has 0 aliphatic carbocycles. The molecular weight excluding hydrogens is 425 g/mol. The van der Waals surface area contributed by atoms with Gasteiger partial charge in [-0.05, 0) is 31.0 Å². The van der Waals surface area contributed by atoms with Crippen LogP contribution >= 0.6 is 0 Å². The Bertz CT molecular complexity index is 1240. The van der Waals surface area contributed by atoms with Gasteiger partial charge in [-0.1, -0.05) is 0 Å². The average molecular weight is 446 g/mol. The SMILES string of the molecule is Cn1nccc1-c1cc(N2CCCC(O)C2)c2c(n1)c(-c1ccn[nH]1)nn2CC(F)(F)F. The molecule has 5 rings (SSSR count). The number of aromatic amines is 1. The second-order valence-corrected chi connectivity index (χ2v) is 7.90. The monoisotopic (exact) mass is 446 g/mol. The fourth-order valence-corrected chi connectivity index (χ4v) is 4.19. The zero-order valence-corrected chi connectivity index (χ0v) is 17.2. The number of hydrogen-bond donors (Lipinski definition) is 2. The van der Waals surface area contributed by atoms with Crippen LogP contribution in [0.15, 0.2) is 30.6 Å². The number of hydrogen-bond acceptors (Lipinski definition) is 6. The van der Waals surface area contributed by atoms with Gasteiger partial charge in [0.1, 0.15) is 23.3 Å². The molecule has 5 heterocycles. The number of H-pyrrole nitrogens is 1. The van der Waals surface area contributed by atoms with Crippen LogP contribution in [0, 0.1) is 0 Å². The van der Waals surface area contributed by atoms with Gasteiger partial charge in [-0.15, -0.1) is 0 Å². The predicted molar refractivity (Wildman–Crippen MR) is 111 cm³/mol. The van der Waals surface area contributed by atoms with Gasteiger partial charge in [0.15, 0.2) is 0 Å². The lowest BCUT2D eigenvalue weighted by atomic mass is 10.1. The highest BCUT2D eigenvalue weighted by Crippen LogP contribution is 2.37. The molecule has 0 aromatic carbocycles. The summed E-state index contributed by atoms with van der Waals surface area (Å²) in [6.45, 7) is -0.327. The molecule has 12 heteroatoms. The van der Waals surface area contributed by atoms with Gasteiger partial charge < -0.3 is 10.0 Å². The third kappa shape index (κ3) is 3.70. The lowest BCUT2D eigenvalue weighted by Crippen LogP contribution is -2.38. The van der Waals surface area contributed by atoms with Crippen LogP contribution in [0.1, 0.15) is 12.8 Å². The van der Waals surface area contributed by atoms with Crippen LogP contribution in [0.2, 0.25) is 0 Å². The number of pyridine rings is 1. The summed E-state index contributed by atoms with van der Waals surface area (Å²) in [6.07, 6.45) is -0.500. The van der Waals surface area contributed by atoms with E-state index in [1.807, 2.05) is 4.90 Å². The second-order valence-electron chi connectivity index (χ2n) is 7.90. The van der Waals surface area contributed by atoms with Crippen molar-refractivity contribution in [1.82, 2.24) is 34.7 Å². The molecule has 1 saturated heterocycles. The second kappa shape index (κ2) is 7.62. The fourth-order valence-electron chi connectivity index (χ4n) is 4.19. The van der Waals surface area contributed by atoms with Gasteiger partial charge in [-0.25, -0.2) is 4.98 Å². The number of nitrogens with zero attached hydrogens (tertiary/aromatic N) is 7. The van der Waals surface area contributed by atoms with Crippen molar-refractivity contribution >= 4 is 16.7 Å². The molecule has 0 saturated carbocycles. The fraction of sp³-hybridized carbons (Fsp3) is 0.400. The van der Waals surface area contributed by atoms with E-state index in [1.165, 1.54) is 6.20 Å². The highest BCUT2D eigenvalue weighted by atomic mass is 19.4. The van der Waals surface area contributed by atoms with Crippen LogP contribution in [0.25, 0.3) is 33.8 Å². The maximum Gasteiger partial charge on any atom is 0.408 e. The zero-order valence-electron chi connectivity index (χ0n) is 17.2. The number of β-amino-alcohol motifs (C(OH)–C–C–N with tert-alkyl or cyclic N) is 1. The van der Waals surface area contributed by atoms with Crippen molar-refractivity contribution in [3.63, 3.8) is 0 Å². The Morgan fingerprint density at radius 1 is 1.25 bits per heavy atom. The van der Waals surface area contributed by atoms with Gasteiger partial charge in [-0.3, -0.25) is 14.5 Å². The molecule has 1 fully saturated rings. The summed E-state index contributed by atoms with van der Waals surface area (Å²) in [7, 11) is 1.77. The number of halogens is 3. The Balaban J connectivity index is 1.80. The van der Waals surface area contributed by atoms with E-state index >= 15 is 0 Å². The van der Waals surface area contributed by atoms with Crippen molar-refractivity contribution in [2.24, 2.45) is 7.05 Å². The van der Waals surface area contributed by atoms with Crippen molar-refractivity contribution in [2.45, 2.75) is 31.7 Å². The van der Waals surface area contributed by atoms with E-state index in [9.17, 15) is 18.3 Å². The van der Waals surface area contributed by atoms with Crippen LogP contribution < -0.4 is 4.90 Å². The van der Waals surface area contributed by atoms with Crippen LogP contribution in [0.5, 0.6) is 0 Å². The molecule has 0 amide bonds. The highest BCUT2D eigenvalue weighted by Gasteiger charge is 2.33. The molecule has 1 aliphatic rings. The Morgan fingerprint density at radius 3 is 2.75 bits per heavy atom. The first-order valence-corrected chi connectivity index (χ1v) is 10.2. The van der Waals surface area contributed by atoms with Gasteiger partial charge in [0.2, 0.25) is 0 Å². The van der Waals surface area contributed by atoms with Crippen molar-refractivity contribution < 1.29 is 18.3 Å². The number of aryl methyl sites for hydroxylation is 1. The van der Waals surface area contributed by atoms with E-state index < -0.39 is 18.8 Å². The van der Waals surface area contributed by atoms with E-state index in [4.69, 9.17) is 4.98 Å². The van der Waals surface area contributed by atoms with Gasteiger partial charge in [0.05, 0.1) is 28.9 Å². The summed E-state index contributed by atoms with van der Waals surface area (Å²) in [4.78, 5) is 6.62. The smallest absolute Gasteiger partial charge is 0.391 e. The topological polar surface area (TPSA) is 101 Å². The molecule has 4 aromatic rings. The van der Waals surface area contributed by atoms with E-state index in [0.29, 0.717) is 47.8 Å². The van der Waals surface area contributed by atoms with E-state index in [2.05, 4.69) is 20.4 Å². The minimum atomic E-state index is -4.47. The Kier molecular flexibility index (Phi) is 4.88. The summed E-state index contributed by atoms with van der Waals surface area (Å²) in [5.41, 5.74) is 3.16. The molecule has 1 atom stereocenters. The number of aromatic nitrogens is 7. The molecule has 32 heavy (non-hydrogen) atoms. The molecule has 0 spiro atoms. The normalized spacial score (nSPS) is 17.4. The van der Waals surface area contributed by atoms with Crippen LogP contribution in [0.4, 0.5) is 18.9 Å². The van der Waals surface area contributed by atoms with Crippen molar-refractivity contribution in [1.29, 1.82) is 0 Å². The quantitative estimate of drug-likeness (QED) is 0.500. The molecule has 0 bridgehead atoms. The third-order valence-electron chi connectivity index (χ3n) is 5.58. The summed E-state index contributed by atoms with van der Waals surface area (Å²) >= 11 is 0. The number of fused-ring (bicyclic) bond motifs is 1. The number of nitrogens with one attached hydrogen (secondary N) is 1. The molecule has 9 nitrogen and oxygen atoms in total. The van der Waals surface area contributed by atoms with Gasteiger partial charge >= 0.3 is 6.18 Å². The molecule has 4 aromatic heterocycles. The minimum absolute atomic E-state index is 0.270. The molecule has 0 radical (unpaired) electrons. The number of aliphatic hydroxyl groups is 1. The molecule has 1 aliphatic heterocycles. The predicted octanol–water partition coefficient (Wildman–Crippen LogP) is 2.75. The van der Waals surface area contributed by atoms with Gasteiger partial charge in [-0.2, -0.15) is 28.5 Å². The summed E-state index contributed by atoms with van der Waals surface area (Å²) in [5.74, 6) is 0. The van der Waals surface area contributed by atoms with E-state index in [0.717, 1.165) is 11.1 Å². The van der Waals surface area contributed by atoms with Crippen LogP contribution in [-0.2, 0) is 13.6 Å². The lowest BCUT2D eigenvalue weighted by Gasteiger charge is -2.32. The molecular formula is C20H21F3N8O. The largest absolute Gasteiger partial charge is 0.408 e. The number of anilines is 1. The first-order chi connectivity index (χ1) is 15.3. The first kappa shape index (κ1) is 20.5. The summed E-state index contributed by atoms with van der Waals surface area (Å²) in [6, 6.07) is 5.18. The lowest BCUT2D eigenvalue weighted by molar-refractivity contribution is -0.141. The molecule has 168 valence electrons. The Labute approximate surface area is 180 Å². The number of rotatable bonds is 4. The number of piperidine rings is 1. The number of alkyl halides is 3. The third-order valence-corrected chi connectivity index (χ3v) is 5.58. The van der Waals surface area contributed by atoms with Gasteiger partial charge in [0.25, 0.3) is 0 Å². The van der Waals surface area contributed by atoms with Crippen molar-refractivity contribution in [3.05, 3.63) is 30.6 Å². The van der Waals surface area contributed by atoms with Crippen molar-refractivity contribution in [3.8, 4) is 22.8 Å². The van der Waals surface area contributed by atoms with E-state index in [-0.39, 0.29) is 11.2 Å². The van der Waals surface area contributed by atoms with Gasteiger partial charge in [0, 0.05) is 32.5 Å². The molecule has 1 unspecified atom stereocenters. The zero-order chi connectivity index (χ0) is 22.5. The standard InChI is InChI=1S/C20H21F3N8O/c1-29-15(5-7-25-29)14-9-16(30-8-2-3-12(32)10-30)19-18(26-14)17(13-4-6-24-27-13)28-31(19)11-20(21,22)23/h4-7,9,12,32H,2-3,8,10-11H2,1H3,(H,24,27). The maximum absolute atomic E-state index is 13.4.